The molecule has 2 atom stereocenters. The molecule has 0 unspecified atom stereocenters. The van der Waals surface area contributed by atoms with Crippen molar-refractivity contribution in [3.63, 3.8) is 0 Å². The molecule has 7 heteroatoms. The van der Waals surface area contributed by atoms with Gasteiger partial charge in [0, 0.05) is 11.3 Å². The van der Waals surface area contributed by atoms with Crippen LogP contribution in [-0.4, -0.2) is 35.8 Å². The molecule has 0 aliphatic rings. The van der Waals surface area contributed by atoms with Gasteiger partial charge in [0.2, 0.25) is 5.91 Å². The van der Waals surface area contributed by atoms with Crippen molar-refractivity contribution in [2.24, 2.45) is 0 Å². The van der Waals surface area contributed by atoms with Gasteiger partial charge in [0.1, 0.15) is 0 Å². The standard InChI is InChI=1S/C20H22N2O4S/c1-27-13-17(20(25)26)21-18(23)12-16(14-8-4-2-5-9-14)22-19(24)15-10-6-3-7-11-15/h2-11,16-17H,12-13H2,1H3,(H,21,23)(H,22,24)(H,25,26)/p-1/t16-,17+/m0/s1. The Hall–Kier alpha value is -2.80. The number of carboxylic acids is 1. The van der Waals surface area contributed by atoms with Crippen LogP contribution in [0, 0.1) is 0 Å². The highest BCUT2D eigenvalue weighted by Gasteiger charge is 2.21. The van der Waals surface area contributed by atoms with E-state index in [1.54, 1.807) is 42.7 Å². The van der Waals surface area contributed by atoms with E-state index < -0.39 is 24.0 Å². The molecule has 0 aromatic heterocycles. The first-order chi connectivity index (χ1) is 13.0. The van der Waals surface area contributed by atoms with E-state index >= 15 is 0 Å². The van der Waals surface area contributed by atoms with Crippen LogP contribution in [0.3, 0.4) is 0 Å². The molecule has 2 rings (SSSR count). The van der Waals surface area contributed by atoms with Crippen molar-refractivity contribution in [3.8, 4) is 0 Å². The summed E-state index contributed by atoms with van der Waals surface area (Å²) in [5, 5.41) is 16.4. The third kappa shape index (κ3) is 6.45. The molecule has 2 N–H and O–H groups in total. The summed E-state index contributed by atoms with van der Waals surface area (Å²) in [4.78, 5) is 36.0. The largest absolute Gasteiger partial charge is 0.548 e. The number of rotatable bonds is 9. The minimum atomic E-state index is -1.33. The zero-order valence-electron chi connectivity index (χ0n) is 14.9. The van der Waals surface area contributed by atoms with Gasteiger partial charge in [-0.3, -0.25) is 9.59 Å². The maximum atomic E-state index is 12.5. The Morgan fingerprint density at radius 1 is 0.963 bits per heavy atom. The van der Waals surface area contributed by atoms with Crippen LogP contribution in [0.2, 0.25) is 0 Å². The summed E-state index contributed by atoms with van der Waals surface area (Å²) in [5.74, 6) is -1.90. The van der Waals surface area contributed by atoms with E-state index in [-0.39, 0.29) is 18.1 Å². The molecular formula is C20H21N2O4S-. The average Bonchev–Trinajstić information content (AvgIpc) is 2.68. The van der Waals surface area contributed by atoms with Crippen LogP contribution in [0.1, 0.15) is 28.4 Å². The highest BCUT2D eigenvalue weighted by atomic mass is 32.2. The fraction of sp³-hybridized carbons (Fsp3) is 0.250. The second-order valence-corrected chi connectivity index (χ2v) is 6.81. The van der Waals surface area contributed by atoms with Crippen LogP contribution in [0.4, 0.5) is 0 Å². The number of nitrogens with one attached hydrogen (secondary N) is 2. The zero-order valence-corrected chi connectivity index (χ0v) is 15.7. The van der Waals surface area contributed by atoms with Crippen molar-refractivity contribution >= 4 is 29.5 Å². The van der Waals surface area contributed by atoms with E-state index in [2.05, 4.69) is 10.6 Å². The van der Waals surface area contributed by atoms with E-state index in [4.69, 9.17) is 0 Å². The number of carbonyl (C=O) groups is 3. The molecule has 6 nitrogen and oxygen atoms in total. The molecule has 0 spiro atoms. The lowest BCUT2D eigenvalue weighted by Gasteiger charge is -2.22. The topological polar surface area (TPSA) is 98.3 Å². The van der Waals surface area contributed by atoms with E-state index in [1.807, 2.05) is 24.3 Å². The number of thioether (sulfide) groups is 1. The minimum Gasteiger partial charge on any atom is -0.548 e. The van der Waals surface area contributed by atoms with Gasteiger partial charge in [-0.2, -0.15) is 11.8 Å². The predicted molar refractivity (Wildman–Crippen MR) is 103 cm³/mol. The van der Waals surface area contributed by atoms with E-state index in [0.717, 1.165) is 5.56 Å². The van der Waals surface area contributed by atoms with E-state index in [0.29, 0.717) is 5.56 Å². The van der Waals surface area contributed by atoms with Crippen LogP contribution in [0.5, 0.6) is 0 Å². The Balaban J connectivity index is 2.12. The number of carboxylic acid groups (broad SMARTS) is 1. The van der Waals surface area contributed by atoms with Crippen LogP contribution in [0.25, 0.3) is 0 Å². The summed E-state index contributed by atoms with van der Waals surface area (Å²) in [6.45, 7) is 0. The maximum Gasteiger partial charge on any atom is 0.251 e. The Labute approximate surface area is 162 Å². The van der Waals surface area contributed by atoms with Gasteiger partial charge >= 0.3 is 0 Å². The third-order valence-corrected chi connectivity index (χ3v) is 4.55. The maximum absolute atomic E-state index is 12.5. The van der Waals surface area contributed by atoms with Crippen molar-refractivity contribution in [1.29, 1.82) is 0 Å². The normalized spacial score (nSPS) is 12.6. The number of benzene rings is 2. The van der Waals surface area contributed by atoms with Gasteiger partial charge in [0.15, 0.2) is 0 Å². The quantitative estimate of drug-likeness (QED) is 0.675. The Bertz CT molecular complexity index is 768. The molecule has 142 valence electrons. The molecule has 2 aromatic rings. The number of hydrogen-bond donors (Lipinski definition) is 2. The fourth-order valence-corrected chi connectivity index (χ4v) is 3.10. The summed E-state index contributed by atoms with van der Waals surface area (Å²) < 4.78 is 0. The third-order valence-electron chi connectivity index (χ3n) is 3.89. The number of aliphatic carboxylic acids is 1. The lowest BCUT2D eigenvalue weighted by molar-refractivity contribution is -0.307. The fourth-order valence-electron chi connectivity index (χ4n) is 2.54. The predicted octanol–water partition coefficient (Wildman–Crippen LogP) is 1.15. The first-order valence-electron chi connectivity index (χ1n) is 8.41. The van der Waals surface area contributed by atoms with Gasteiger partial charge in [0.25, 0.3) is 5.91 Å². The van der Waals surface area contributed by atoms with Crippen LogP contribution >= 0.6 is 11.8 Å². The van der Waals surface area contributed by atoms with E-state index in [1.165, 1.54) is 11.8 Å². The summed E-state index contributed by atoms with van der Waals surface area (Å²) in [6.07, 6.45) is 1.66. The van der Waals surface area contributed by atoms with Crippen LogP contribution in [-0.2, 0) is 9.59 Å². The summed E-state index contributed by atoms with van der Waals surface area (Å²) in [5.41, 5.74) is 1.24. The van der Waals surface area contributed by atoms with Crippen molar-refractivity contribution in [2.45, 2.75) is 18.5 Å². The van der Waals surface area contributed by atoms with Gasteiger partial charge in [-0.1, -0.05) is 48.5 Å². The second kappa shape index (κ2) is 10.4. The first kappa shape index (κ1) is 20.5. The molecular weight excluding hydrogens is 364 g/mol. The molecule has 0 heterocycles. The molecule has 0 saturated heterocycles. The molecule has 0 radical (unpaired) electrons. The van der Waals surface area contributed by atoms with Gasteiger partial charge in [-0.05, 0) is 24.0 Å². The van der Waals surface area contributed by atoms with Gasteiger partial charge in [-0.25, -0.2) is 0 Å². The molecule has 0 fully saturated rings. The number of carbonyl (C=O) groups excluding carboxylic acids is 3. The molecule has 2 aromatic carbocycles. The zero-order chi connectivity index (χ0) is 19.6. The molecule has 0 bridgehead atoms. The van der Waals surface area contributed by atoms with E-state index in [9.17, 15) is 19.5 Å². The number of amides is 2. The lowest BCUT2D eigenvalue weighted by atomic mass is 10.0. The Kier molecular flexibility index (Phi) is 7.88. The molecule has 27 heavy (non-hydrogen) atoms. The highest BCUT2D eigenvalue weighted by molar-refractivity contribution is 7.98. The summed E-state index contributed by atoms with van der Waals surface area (Å²) in [7, 11) is 0. The van der Waals surface area contributed by atoms with Crippen molar-refractivity contribution in [2.75, 3.05) is 12.0 Å². The highest BCUT2D eigenvalue weighted by Crippen LogP contribution is 2.17. The van der Waals surface area contributed by atoms with Crippen LogP contribution in [0.15, 0.2) is 60.7 Å². The van der Waals surface area contributed by atoms with Gasteiger partial charge in [-0.15, -0.1) is 0 Å². The Morgan fingerprint density at radius 3 is 2.11 bits per heavy atom. The summed E-state index contributed by atoms with van der Waals surface area (Å²) >= 11 is 1.30. The SMILES string of the molecule is CSC[C@@H](NC(=O)C[C@H](NC(=O)c1ccccc1)c1ccccc1)C(=O)[O-]. The van der Waals surface area contributed by atoms with Crippen LogP contribution < -0.4 is 15.7 Å². The van der Waals surface area contributed by atoms with Gasteiger partial charge < -0.3 is 20.5 Å². The number of hydrogen-bond acceptors (Lipinski definition) is 5. The lowest BCUT2D eigenvalue weighted by Crippen LogP contribution is -2.50. The Morgan fingerprint density at radius 2 is 1.56 bits per heavy atom. The smallest absolute Gasteiger partial charge is 0.251 e. The molecule has 2 amide bonds. The van der Waals surface area contributed by atoms with Crippen molar-refractivity contribution in [1.82, 2.24) is 10.6 Å². The second-order valence-electron chi connectivity index (χ2n) is 5.90. The molecule has 0 aliphatic carbocycles. The van der Waals surface area contributed by atoms with Gasteiger partial charge in [0.05, 0.1) is 24.5 Å². The van der Waals surface area contributed by atoms with Crippen molar-refractivity contribution in [3.05, 3.63) is 71.8 Å². The molecule has 0 saturated carbocycles. The molecule has 0 aliphatic heterocycles. The summed E-state index contributed by atoms with van der Waals surface area (Å²) in [6, 6.07) is 16.1. The average molecular weight is 385 g/mol. The van der Waals surface area contributed by atoms with Crippen molar-refractivity contribution < 1.29 is 19.5 Å². The monoisotopic (exact) mass is 385 g/mol. The first-order valence-corrected chi connectivity index (χ1v) is 9.80. The minimum absolute atomic E-state index is 0.0826.